The molecule has 1 atom stereocenters. The van der Waals surface area contributed by atoms with Gasteiger partial charge in [0.15, 0.2) is 0 Å². The molecule has 3 aliphatic heterocycles. The number of rotatable bonds is 11. The Labute approximate surface area is 381 Å². The summed E-state index contributed by atoms with van der Waals surface area (Å²) >= 11 is 3.56. The SMILES string of the molecule is COc1cc(N2CCN(c3ccc4c(c3)C(=O)N(C3CCC(=O)NC3=O)C4=O)CC2)c(-c2cnn(C)c2)cc1Nc1ncc(Br)c(Nc2ccc(-c3ccccc3F)cc2P(C)(C)=O)n1. The molecule has 9 rings (SSSR count). The van der Waals surface area contributed by atoms with E-state index in [4.69, 9.17) is 9.72 Å². The lowest BCUT2D eigenvalue weighted by atomic mass is 10.0. The van der Waals surface area contributed by atoms with E-state index < -0.39 is 36.8 Å². The first-order valence-electron chi connectivity index (χ1n) is 20.7. The van der Waals surface area contributed by atoms with E-state index in [2.05, 4.69) is 51.8 Å². The monoisotopic (exact) mass is 960 g/mol. The van der Waals surface area contributed by atoms with Crippen molar-refractivity contribution in [2.75, 3.05) is 67.1 Å². The predicted molar refractivity (Wildman–Crippen MR) is 250 cm³/mol. The summed E-state index contributed by atoms with van der Waals surface area (Å²) < 4.78 is 36.6. The second kappa shape index (κ2) is 17.2. The van der Waals surface area contributed by atoms with E-state index in [-0.39, 0.29) is 35.7 Å². The second-order valence-corrected chi connectivity index (χ2v) is 20.4. The Balaban J connectivity index is 0.958. The molecule has 65 heavy (non-hydrogen) atoms. The summed E-state index contributed by atoms with van der Waals surface area (Å²) in [5, 5.41) is 13.9. The molecule has 19 heteroatoms. The van der Waals surface area contributed by atoms with Gasteiger partial charge in [-0.2, -0.15) is 10.1 Å². The number of ether oxygens (including phenoxy) is 1. The molecule has 2 saturated heterocycles. The molecule has 0 bridgehead atoms. The van der Waals surface area contributed by atoms with Gasteiger partial charge in [0, 0.05) is 91.5 Å². The largest absolute Gasteiger partial charge is 0.494 e. The Hall–Kier alpha value is -6.91. The van der Waals surface area contributed by atoms with Gasteiger partial charge in [-0.1, -0.05) is 24.3 Å². The number of aromatic nitrogens is 4. The van der Waals surface area contributed by atoms with E-state index in [1.165, 1.54) is 6.07 Å². The molecule has 0 aliphatic carbocycles. The molecule has 0 spiro atoms. The summed E-state index contributed by atoms with van der Waals surface area (Å²) in [4.78, 5) is 65.9. The molecule has 2 aromatic heterocycles. The maximum atomic E-state index is 14.7. The van der Waals surface area contributed by atoms with Crippen LogP contribution in [0, 0.1) is 5.82 Å². The number of methoxy groups -OCH3 is 1. The fraction of sp³-hybridized carbons (Fsp3) is 0.239. The number of nitrogens with zero attached hydrogens (tertiary/aromatic N) is 7. The first kappa shape index (κ1) is 43.3. The molecule has 1 unspecified atom stereocenters. The zero-order valence-electron chi connectivity index (χ0n) is 35.8. The van der Waals surface area contributed by atoms with Crippen molar-refractivity contribution in [2.24, 2.45) is 7.05 Å². The molecular weight excluding hydrogens is 918 g/mol. The first-order chi connectivity index (χ1) is 31.2. The number of nitrogens with one attached hydrogen (secondary N) is 3. The zero-order valence-corrected chi connectivity index (χ0v) is 38.2. The fourth-order valence-corrected chi connectivity index (χ4v) is 9.91. The Morgan fingerprint density at radius 2 is 1.58 bits per heavy atom. The highest BCUT2D eigenvalue weighted by Gasteiger charge is 2.45. The molecule has 3 aliphatic rings. The van der Waals surface area contributed by atoms with Crippen LogP contribution in [0.5, 0.6) is 5.75 Å². The fourth-order valence-electron chi connectivity index (χ4n) is 8.46. The van der Waals surface area contributed by atoms with Crippen molar-refractivity contribution in [3.05, 3.63) is 113 Å². The molecule has 4 amide bonds. The van der Waals surface area contributed by atoms with Gasteiger partial charge in [0.05, 0.1) is 40.3 Å². The Bertz CT molecular complexity index is 2990. The third kappa shape index (κ3) is 8.46. The minimum Gasteiger partial charge on any atom is -0.494 e. The van der Waals surface area contributed by atoms with E-state index in [9.17, 15) is 28.1 Å². The Morgan fingerprint density at radius 1 is 0.831 bits per heavy atom. The number of hydrogen-bond donors (Lipinski definition) is 3. The standard InChI is InChI=1S/C46H43BrFN10O6P/c1-55-25-27(23-50-55)31-21-36(52-46-49-24-33(47)42(54-46)51-35-12-9-26(19-40(35)65(3,4)63)29-7-5-6-8-34(29)48)39(64-2)22-38(31)57-17-15-56(16-18-57)28-10-11-30-32(20-28)45(62)58(44(30)61)37-13-14-41(59)53-43(37)60/h5-12,19-25,37H,13-18H2,1-4H3,(H,53,59,60)(H2,49,51,52,54). The Morgan fingerprint density at radius 3 is 2.29 bits per heavy atom. The minimum atomic E-state index is -2.87. The third-order valence-electron chi connectivity index (χ3n) is 11.7. The van der Waals surface area contributed by atoms with Gasteiger partial charge in [-0.15, -0.1) is 0 Å². The molecule has 0 saturated carbocycles. The molecule has 6 aromatic rings. The zero-order chi connectivity index (χ0) is 45.7. The highest BCUT2D eigenvalue weighted by Crippen LogP contribution is 2.43. The lowest BCUT2D eigenvalue weighted by molar-refractivity contribution is -0.136. The smallest absolute Gasteiger partial charge is 0.262 e. The summed E-state index contributed by atoms with van der Waals surface area (Å²) in [5.41, 5.74) is 6.05. The van der Waals surface area contributed by atoms with Gasteiger partial charge in [-0.3, -0.25) is 34.1 Å². The number of anilines is 6. The van der Waals surface area contributed by atoms with Crippen molar-refractivity contribution in [2.45, 2.75) is 18.9 Å². The number of halogens is 2. The van der Waals surface area contributed by atoms with Gasteiger partial charge in [0.2, 0.25) is 17.8 Å². The highest BCUT2D eigenvalue weighted by molar-refractivity contribution is 9.10. The molecule has 5 heterocycles. The number of amides is 4. The van der Waals surface area contributed by atoms with Crippen LogP contribution in [0.25, 0.3) is 22.3 Å². The number of piperidine rings is 1. The van der Waals surface area contributed by atoms with Gasteiger partial charge in [-0.25, -0.2) is 9.37 Å². The van der Waals surface area contributed by atoms with Gasteiger partial charge in [0.25, 0.3) is 11.8 Å². The molecule has 3 N–H and O–H groups in total. The van der Waals surface area contributed by atoms with E-state index in [1.54, 1.807) is 86.0 Å². The summed E-state index contributed by atoms with van der Waals surface area (Å²) in [6.07, 6.45) is 5.47. The van der Waals surface area contributed by atoms with Crippen molar-refractivity contribution in [1.29, 1.82) is 0 Å². The quantitative estimate of drug-likeness (QED) is 0.0900. The first-order valence-corrected chi connectivity index (χ1v) is 24.1. The lowest BCUT2D eigenvalue weighted by Crippen LogP contribution is -2.54. The average Bonchev–Trinajstić information content (AvgIpc) is 3.83. The summed E-state index contributed by atoms with van der Waals surface area (Å²) in [7, 11) is 0.569. The van der Waals surface area contributed by atoms with Crippen LogP contribution in [0.2, 0.25) is 0 Å². The van der Waals surface area contributed by atoms with Crippen LogP contribution in [-0.2, 0) is 21.2 Å². The van der Waals surface area contributed by atoms with Crippen LogP contribution >= 0.6 is 23.1 Å². The van der Waals surface area contributed by atoms with Gasteiger partial charge >= 0.3 is 0 Å². The van der Waals surface area contributed by atoms with Crippen LogP contribution in [0.15, 0.2) is 95.9 Å². The number of carbonyl (C=O) groups is 4. The topological polar surface area (TPSA) is 184 Å². The van der Waals surface area contributed by atoms with Gasteiger partial charge in [-0.05, 0) is 83.7 Å². The number of piperazine rings is 1. The maximum Gasteiger partial charge on any atom is 0.262 e. The number of carbonyl (C=O) groups excluding carboxylic acids is 4. The van der Waals surface area contributed by atoms with Crippen LogP contribution in [-0.4, -0.2) is 101 Å². The molecule has 332 valence electrons. The number of hydrogen-bond acceptors (Lipinski definition) is 13. The van der Waals surface area contributed by atoms with Crippen molar-refractivity contribution in [3.63, 3.8) is 0 Å². The predicted octanol–water partition coefficient (Wildman–Crippen LogP) is 6.92. The number of benzene rings is 4. The molecule has 2 fully saturated rings. The Kier molecular flexibility index (Phi) is 11.5. The van der Waals surface area contributed by atoms with Crippen molar-refractivity contribution in [1.82, 2.24) is 30.0 Å². The van der Waals surface area contributed by atoms with E-state index in [0.29, 0.717) is 70.0 Å². The van der Waals surface area contributed by atoms with Crippen molar-refractivity contribution < 1.29 is 32.9 Å². The maximum absolute atomic E-state index is 14.7. The molecular formula is C46H43BrFN10O6P. The lowest BCUT2D eigenvalue weighted by Gasteiger charge is -2.38. The second-order valence-electron chi connectivity index (χ2n) is 16.3. The normalized spacial score (nSPS) is 16.5. The van der Waals surface area contributed by atoms with Crippen molar-refractivity contribution in [3.8, 4) is 28.0 Å². The minimum absolute atomic E-state index is 0.0504. The third-order valence-corrected chi connectivity index (χ3v) is 13.9. The highest BCUT2D eigenvalue weighted by atomic mass is 79.9. The van der Waals surface area contributed by atoms with E-state index in [0.717, 1.165) is 27.4 Å². The summed E-state index contributed by atoms with van der Waals surface area (Å²) in [6, 6.07) is 19.8. The summed E-state index contributed by atoms with van der Waals surface area (Å²) in [5.74, 6) is -1.35. The van der Waals surface area contributed by atoms with Crippen LogP contribution in [0.1, 0.15) is 33.6 Å². The van der Waals surface area contributed by atoms with Crippen LogP contribution < -0.4 is 35.8 Å². The number of aryl methyl sites for hydroxylation is 1. The van der Waals surface area contributed by atoms with Gasteiger partial charge < -0.3 is 29.7 Å². The number of imide groups is 2. The molecule has 16 nitrogen and oxygen atoms in total. The van der Waals surface area contributed by atoms with E-state index in [1.807, 2.05) is 31.4 Å². The average molecular weight is 962 g/mol. The van der Waals surface area contributed by atoms with Gasteiger partial charge in [0.1, 0.15) is 30.6 Å². The number of fused-ring (bicyclic) bond motifs is 1. The molecule has 0 radical (unpaired) electrons. The van der Waals surface area contributed by atoms with Crippen LogP contribution in [0.4, 0.5) is 38.9 Å². The van der Waals surface area contributed by atoms with Crippen molar-refractivity contribution >= 4 is 86.5 Å². The molecule has 4 aromatic carbocycles. The van der Waals surface area contributed by atoms with E-state index >= 15 is 0 Å². The summed E-state index contributed by atoms with van der Waals surface area (Å²) in [6.45, 7) is 5.72. The van der Waals surface area contributed by atoms with Crippen LogP contribution in [0.3, 0.4) is 0 Å².